The maximum atomic E-state index is 13.0. The maximum Gasteiger partial charge on any atom is 0.410 e. The van der Waals surface area contributed by atoms with Gasteiger partial charge in [0.05, 0.1) is 6.04 Å². The minimum absolute atomic E-state index is 0.329. The Kier molecular flexibility index (Phi) is 6.15. The summed E-state index contributed by atoms with van der Waals surface area (Å²) in [4.78, 5) is 15.9. The molecule has 1 saturated heterocycles. The molecule has 0 bridgehead atoms. The predicted molar refractivity (Wildman–Crippen MR) is 89.1 cm³/mol. The Balaban J connectivity index is 2.02. The van der Waals surface area contributed by atoms with Crippen molar-refractivity contribution in [2.75, 3.05) is 19.6 Å². The molecule has 1 aromatic rings. The van der Waals surface area contributed by atoms with Crippen molar-refractivity contribution < 1.29 is 18.3 Å². The van der Waals surface area contributed by atoms with Crippen LogP contribution in [0.25, 0.3) is 0 Å². The first-order valence-electron chi connectivity index (χ1n) is 8.28. The average molecular weight is 340 g/mol. The number of hydrogen-bond acceptors (Lipinski definition) is 3. The molecule has 0 spiro atoms. The Bertz CT molecular complexity index is 532. The first-order valence-corrected chi connectivity index (χ1v) is 8.28. The molecule has 24 heavy (non-hydrogen) atoms. The number of hydrogen-bond donors (Lipinski definition) is 0. The number of benzene rings is 1. The summed E-state index contributed by atoms with van der Waals surface area (Å²) in [6, 6.07) is 9.37. The van der Waals surface area contributed by atoms with Crippen LogP contribution in [0.5, 0.6) is 0 Å². The molecule has 6 heteroatoms. The van der Waals surface area contributed by atoms with E-state index in [-0.39, 0.29) is 6.42 Å². The number of ether oxygens (including phenoxy) is 1. The van der Waals surface area contributed by atoms with Gasteiger partial charge in [-0.3, -0.25) is 4.90 Å². The number of carbonyl (C=O) groups excluding carboxylic acids is 1. The number of halogens is 2. The second kappa shape index (κ2) is 7.92. The SMILES string of the molecule is CC(C)(C)OC(=O)N1CCN(Cc2ccccc2)CC1CC(F)F. The fraction of sp³-hybridized carbons (Fsp3) is 0.611. The van der Waals surface area contributed by atoms with E-state index in [1.54, 1.807) is 20.8 Å². The summed E-state index contributed by atoms with van der Waals surface area (Å²) in [6.45, 7) is 7.50. The number of amides is 1. The molecular formula is C18H26F2N2O2. The molecule has 1 fully saturated rings. The van der Waals surface area contributed by atoms with E-state index in [4.69, 9.17) is 4.74 Å². The lowest BCUT2D eigenvalue weighted by Crippen LogP contribution is -2.56. The van der Waals surface area contributed by atoms with Gasteiger partial charge < -0.3 is 9.64 Å². The van der Waals surface area contributed by atoms with Crippen molar-refractivity contribution in [1.29, 1.82) is 0 Å². The first-order chi connectivity index (χ1) is 11.2. The van der Waals surface area contributed by atoms with E-state index in [0.717, 1.165) is 5.56 Å². The molecule has 1 unspecified atom stereocenters. The summed E-state index contributed by atoms with van der Waals surface area (Å²) >= 11 is 0. The summed E-state index contributed by atoms with van der Waals surface area (Å²) in [5.41, 5.74) is 0.507. The highest BCUT2D eigenvalue weighted by atomic mass is 19.3. The Morgan fingerprint density at radius 2 is 1.92 bits per heavy atom. The summed E-state index contributed by atoms with van der Waals surface area (Å²) in [5.74, 6) is 0. The third kappa shape index (κ3) is 5.74. The molecule has 1 atom stereocenters. The summed E-state index contributed by atoms with van der Waals surface area (Å²) < 4.78 is 31.3. The minimum Gasteiger partial charge on any atom is -0.444 e. The summed E-state index contributed by atoms with van der Waals surface area (Å²) in [6.07, 6.45) is -3.28. The van der Waals surface area contributed by atoms with Crippen LogP contribution in [0.4, 0.5) is 13.6 Å². The largest absolute Gasteiger partial charge is 0.444 e. The molecule has 4 nitrogen and oxygen atoms in total. The molecule has 134 valence electrons. The van der Waals surface area contributed by atoms with Crippen molar-refractivity contribution in [3.8, 4) is 0 Å². The van der Waals surface area contributed by atoms with Crippen molar-refractivity contribution >= 4 is 6.09 Å². The Morgan fingerprint density at radius 3 is 2.50 bits per heavy atom. The second-order valence-electron chi connectivity index (χ2n) is 7.18. The molecule has 1 heterocycles. The Labute approximate surface area is 142 Å². The average Bonchev–Trinajstić information content (AvgIpc) is 2.46. The van der Waals surface area contributed by atoms with Crippen LogP contribution in [0.3, 0.4) is 0 Å². The number of piperazine rings is 1. The maximum absolute atomic E-state index is 13.0. The molecule has 1 aliphatic rings. The van der Waals surface area contributed by atoms with Crippen molar-refractivity contribution in [2.45, 2.75) is 51.8 Å². The zero-order valence-electron chi connectivity index (χ0n) is 14.5. The molecule has 1 aromatic carbocycles. The van der Waals surface area contributed by atoms with Gasteiger partial charge in [0.25, 0.3) is 0 Å². The highest BCUT2D eigenvalue weighted by molar-refractivity contribution is 5.68. The molecule has 0 N–H and O–H groups in total. The standard InChI is InChI=1S/C18H26F2N2O2/c1-18(2,3)24-17(23)22-10-9-21(13-15(22)11-16(19)20)12-14-7-5-4-6-8-14/h4-8,15-16H,9-13H2,1-3H3. The van der Waals surface area contributed by atoms with Gasteiger partial charge in [-0.25, -0.2) is 13.6 Å². The van der Waals surface area contributed by atoms with Crippen LogP contribution in [0, 0.1) is 0 Å². The van der Waals surface area contributed by atoms with Gasteiger partial charge in [-0.1, -0.05) is 30.3 Å². The van der Waals surface area contributed by atoms with E-state index in [2.05, 4.69) is 4.90 Å². The molecule has 0 aliphatic carbocycles. The fourth-order valence-electron chi connectivity index (χ4n) is 2.87. The highest BCUT2D eigenvalue weighted by Crippen LogP contribution is 2.21. The number of rotatable bonds is 4. The predicted octanol–water partition coefficient (Wildman–Crippen LogP) is 3.76. The zero-order chi connectivity index (χ0) is 17.7. The lowest BCUT2D eigenvalue weighted by atomic mass is 10.1. The van der Waals surface area contributed by atoms with E-state index < -0.39 is 24.2 Å². The zero-order valence-corrected chi connectivity index (χ0v) is 14.5. The molecule has 0 saturated carbocycles. The number of carbonyl (C=O) groups is 1. The third-order valence-electron chi connectivity index (χ3n) is 3.89. The fourth-order valence-corrected chi connectivity index (χ4v) is 2.87. The van der Waals surface area contributed by atoms with Crippen molar-refractivity contribution in [3.05, 3.63) is 35.9 Å². The van der Waals surface area contributed by atoms with Crippen LogP contribution in [0.2, 0.25) is 0 Å². The first kappa shape index (κ1) is 18.6. The van der Waals surface area contributed by atoms with Gasteiger partial charge in [-0.05, 0) is 26.3 Å². The number of nitrogens with zero attached hydrogens (tertiary/aromatic N) is 2. The Morgan fingerprint density at radius 1 is 1.25 bits per heavy atom. The van der Waals surface area contributed by atoms with Crippen LogP contribution >= 0.6 is 0 Å². The molecule has 1 amide bonds. The summed E-state index contributed by atoms with van der Waals surface area (Å²) in [5, 5.41) is 0. The van der Waals surface area contributed by atoms with Crippen LogP contribution < -0.4 is 0 Å². The van der Waals surface area contributed by atoms with Crippen molar-refractivity contribution in [2.24, 2.45) is 0 Å². The quantitative estimate of drug-likeness (QED) is 0.837. The van der Waals surface area contributed by atoms with Gasteiger partial charge in [-0.15, -0.1) is 0 Å². The molecule has 0 aromatic heterocycles. The van der Waals surface area contributed by atoms with E-state index in [1.165, 1.54) is 4.90 Å². The molecule has 0 radical (unpaired) electrons. The molecule has 1 aliphatic heterocycles. The van der Waals surface area contributed by atoms with Gasteiger partial charge in [0.15, 0.2) is 0 Å². The molecular weight excluding hydrogens is 314 g/mol. The van der Waals surface area contributed by atoms with E-state index in [9.17, 15) is 13.6 Å². The normalized spacial score (nSPS) is 19.6. The minimum atomic E-state index is -2.45. The van der Waals surface area contributed by atoms with Crippen LogP contribution in [0.1, 0.15) is 32.8 Å². The lowest BCUT2D eigenvalue weighted by molar-refractivity contribution is -0.0146. The van der Waals surface area contributed by atoms with E-state index >= 15 is 0 Å². The van der Waals surface area contributed by atoms with Gasteiger partial charge >= 0.3 is 6.09 Å². The number of alkyl halides is 2. The highest BCUT2D eigenvalue weighted by Gasteiger charge is 2.34. The smallest absolute Gasteiger partial charge is 0.410 e. The van der Waals surface area contributed by atoms with Crippen LogP contribution in [0.15, 0.2) is 30.3 Å². The third-order valence-corrected chi connectivity index (χ3v) is 3.89. The lowest BCUT2D eigenvalue weighted by Gasteiger charge is -2.41. The van der Waals surface area contributed by atoms with Crippen molar-refractivity contribution in [3.63, 3.8) is 0 Å². The van der Waals surface area contributed by atoms with Gasteiger partial charge in [0.1, 0.15) is 5.60 Å². The monoisotopic (exact) mass is 340 g/mol. The van der Waals surface area contributed by atoms with E-state index in [0.29, 0.717) is 26.2 Å². The topological polar surface area (TPSA) is 32.8 Å². The Hall–Kier alpha value is -1.69. The van der Waals surface area contributed by atoms with E-state index in [1.807, 2.05) is 30.3 Å². The second-order valence-corrected chi connectivity index (χ2v) is 7.18. The van der Waals surface area contributed by atoms with Crippen LogP contribution in [-0.4, -0.2) is 53.6 Å². The van der Waals surface area contributed by atoms with Gasteiger partial charge in [0.2, 0.25) is 6.43 Å². The molecule has 2 rings (SSSR count). The van der Waals surface area contributed by atoms with Crippen molar-refractivity contribution in [1.82, 2.24) is 9.80 Å². The van der Waals surface area contributed by atoms with Crippen LogP contribution in [-0.2, 0) is 11.3 Å². The summed E-state index contributed by atoms with van der Waals surface area (Å²) in [7, 11) is 0. The van der Waals surface area contributed by atoms with Gasteiger partial charge in [0, 0.05) is 32.6 Å². The van der Waals surface area contributed by atoms with Gasteiger partial charge in [-0.2, -0.15) is 0 Å².